The molecule has 0 bridgehead atoms. The van der Waals surface area contributed by atoms with Crippen LogP contribution in [0.1, 0.15) is 49.9 Å². The fourth-order valence-electron chi connectivity index (χ4n) is 8.64. The Morgan fingerprint density at radius 1 is 0.327 bits per heavy atom. The maximum absolute atomic E-state index is 2.40. The smallest absolute Gasteiger partial charge is 0.0467 e. The Balaban J connectivity index is 1.20. The number of fused-ring (bicyclic) bond motifs is 6. The van der Waals surface area contributed by atoms with Crippen LogP contribution in [-0.2, 0) is 10.8 Å². The summed E-state index contributed by atoms with van der Waals surface area (Å²) in [6, 6.07) is 60.4. The van der Waals surface area contributed by atoms with Crippen LogP contribution in [0, 0.1) is 0 Å². The summed E-state index contributed by atoms with van der Waals surface area (Å²) in [7, 11) is 0. The number of anilines is 3. The molecule has 2 aliphatic rings. The largest absolute Gasteiger partial charge is 0.310 e. The highest BCUT2D eigenvalue weighted by molar-refractivity contribution is 5.95. The van der Waals surface area contributed by atoms with E-state index in [0.717, 1.165) is 17.1 Å². The van der Waals surface area contributed by atoms with E-state index in [4.69, 9.17) is 0 Å². The molecule has 0 saturated heterocycles. The molecule has 0 saturated carbocycles. The van der Waals surface area contributed by atoms with Crippen molar-refractivity contribution >= 4 is 17.1 Å². The second-order valence-electron chi connectivity index (χ2n) is 14.6. The molecular weight excluding hydrogens is 591 g/mol. The maximum atomic E-state index is 2.40. The molecule has 2 aliphatic carbocycles. The van der Waals surface area contributed by atoms with Gasteiger partial charge in [0.05, 0.1) is 0 Å². The van der Waals surface area contributed by atoms with Crippen molar-refractivity contribution in [3.63, 3.8) is 0 Å². The third kappa shape index (κ3) is 4.46. The highest BCUT2D eigenvalue weighted by atomic mass is 15.1. The van der Waals surface area contributed by atoms with Gasteiger partial charge in [-0.1, -0.05) is 155 Å². The average molecular weight is 630 g/mol. The summed E-state index contributed by atoms with van der Waals surface area (Å²) in [5.74, 6) is 0. The summed E-state index contributed by atoms with van der Waals surface area (Å²) in [5.41, 5.74) is 19.3. The molecule has 0 spiro atoms. The van der Waals surface area contributed by atoms with E-state index in [1.54, 1.807) is 0 Å². The molecule has 7 aromatic rings. The summed E-state index contributed by atoms with van der Waals surface area (Å²) in [6.07, 6.45) is 0. The predicted octanol–water partition coefficient (Wildman–Crippen LogP) is 13.1. The zero-order valence-electron chi connectivity index (χ0n) is 28.5. The van der Waals surface area contributed by atoms with Gasteiger partial charge in [-0.05, 0) is 103 Å². The van der Waals surface area contributed by atoms with Gasteiger partial charge in [0.2, 0.25) is 0 Å². The number of nitrogens with zero attached hydrogens (tertiary/aromatic N) is 1. The molecule has 7 aromatic carbocycles. The molecule has 1 heteroatoms. The highest BCUT2D eigenvalue weighted by Gasteiger charge is 2.37. The first kappa shape index (κ1) is 29.5. The minimum Gasteiger partial charge on any atom is -0.310 e. The lowest BCUT2D eigenvalue weighted by Crippen LogP contribution is -2.14. The standard InChI is InChI=1S/C48H39N/c1-47(2)41-26-10-8-22-39(41)45-37(24-14-28-43(45)47)32-16-12-20-35(30-32)49(34-18-6-5-7-19-34)36-21-13-17-33(31-36)38-25-15-29-44-46(38)40-23-9-11-27-42(40)48(44,3)4/h5-31H,1-4H3. The maximum Gasteiger partial charge on any atom is 0.0467 e. The van der Waals surface area contributed by atoms with Crippen LogP contribution in [0.2, 0.25) is 0 Å². The summed E-state index contributed by atoms with van der Waals surface area (Å²) in [6.45, 7) is 9.40. The number of hydrogen-bond acceptors (Lipinski definition) is 1. The van der Waals surface area contributed by atoms with Crippen LogP contribution in [0.25, 0.3) is 44.5 Å². The molecule has 0 unspecified atom stereocenters. The molecule has 49 heavy (non-hydrogen) atoms. The Morgan fingerprint density at radius 3 is 1.18 bits per heavy atom. The fourth-order valence-corrected chi connectivity index (χ4v) is 8.64. The Kier molecular flexibility index (Phi) is 6.58. The third-order valence-corrected chi connectivity index (χ3v) is 11.1. The monoisotopic (exact) mass is 629 g/mol. The molecular formula is C48H39N. The van der Waals surface area contributed by atoms with Crippen LogP contribution in [0.4, 0.5) is 17.1 Å². The molecule has 0 atom stereocenters. The Labute approximate surface area is 290 Å². The van der Waals surface area contributed by atoms with Crippen LogP contribution in [0.15, 0.2) is 164 Å². The first-order chi connectivity index (χ1) is 23.8. The summed E-state index contributed by atoms with van der Waals surface area (Å²) >= 11 is 0. The molecule has 9 rings (SSSR count). The third-order valence-electron chi connectivity index (χ3n) is 11.1. The van der Waals surface area contributed by atoms with Gasteiger partial charge >= 0.3 is 0 Å². The minimum absolute atomic E-state index is 0.0383. The van der Waals surface area contributed by atoms with Crippen molar-refractivity contribution in [2.24, 2.45) is 0 Å². The lowest BCUT2D eigenvalue weighted by atomic mass is 9.82. The van der Waals surface area contributed by atoms with Gasteiger partial charge in [0.25, 0.3) is 0 Å². The van der Waals surface area contributed by atoms with Gasteiger partial charge in [-0.3, -0.25) is 0 Å². The van der Waals surface area contributed by atoms with Gasteiger partial charge in [-0.15, -0.1) is 0 Å². The number of rotatable bonds is 5. The normalized spacial score (nSPS) is 14.4. The molecule has 0 N–H and O–H groups in total. The fraction of sp³-hybridized carbons (Fsp3) is 0.125. The average Bonchev–Trinajstić information content (AvgIpc) is 3.52. The Bertz CT molecular complexity index is 2240. The topological polar surface area (TPSA) is 3.24 Å². The lowest BCUT2D eigenvalue weighted by Gasteiger charge is -2.27. The van der Waals surface area contributed by atoms with Gasteiger partial charge in [-0.2, -0.15) is 0 Å². The van der Waals surface area contributed by atoms with Gasteiger partial charge in [0.1, 0.15) is 0 Å². The minimum atomic E-state index is -0.0383. The molecule has 0 aliphatic heterocycles. The summed E-state index contributed by atoms with van der Waals surface area (Å²) in [5, 5.41) is 0. The van der Waals surface area contributed by atoms with Crippen molar-refractivity contribution in [1.29, 1.82) is 0 Å². The van der Waals surface area contributed by atoms with Crippen molar-refractivity contribution in [2.75, 3.05) is 4.90 Å². The molecule has 0 amide bonds. The van der Waals surface area contributed by atoms with E-state index < -0.39 is 0 Å². The molecule has 0 fully saturated rings. The second kappa shape index (κ2) is 10.9. The van der Waals surface area contributed by atoms with Gasteiger partial charge in [0.15, 0.2) is 0 Å². The van der Waals surface area contributed by atoms with Gasteiger partial charge in [-0.25, -0.2) is 0 Å². The van der Waals surface area contributed by atoms with Crippen molar-refractivity contribution in [2.45, 2.75) is 38.5 Å². The number of benzene rings is 7. The van der Waals surface area contributed by atoms with Crippen LogP contribution in [-0.4, -0.2) is 0 Å². The van der Waals surface area contributed by atoms with E-state index in [2.05, 4.69) is 196 Å². The van der Waals surface area contributed by atoms with Crippen LogP contribution < -0.4 is 4.90 Å². The first-order valence-corrected chi connectivity index (χ1v) is 17.4. The highest BCUT2D eigenvalue weighted by Crippen LogP contribution is 2.54. The Hall–Kier alpha value is -5.66. The Morgan fingerprint density at radius 2 is 0.694 bits per heavy atom. The van der Waals surface area contributed by atoms with Crippen molar-refractivity contribution in [3.8, 4) is 44.5 Å². The summed E-state index contributed by atoms with van der Waals surface area (Å²) in [4.78, 5) is 2.40. The first-order valence-electron chi connectivity index (χ1n) is 17.4. The van der Waals surface area contributed by atoms with Crippen molar-refractivity contribution in [3.05, 3.63) is 186 Å². The molecule has 0 aromatic heterocycles. The van der Waals surface area contributed by atoms with E-state index in [1.807, 2.05) is 0 Å². The quantitative estimate of drug-likeness (QED) is 0.183. The van der Waals surface area contributed by atoms with E-state index >= 15 is 0 Å². The van der Waals surface area contributed by atoms with Crippen molar-refractivity contribution in [1.82, 2.24) is 0 Å². The second-order valence-corrected chi connectivity index (χ2v) is 14.6. The van der Waals surface area contributed by atoms with Crippen LogP contribution in [0.5, 0.6) is 0 Å². The van der Waals surface area contributed by atoms with Crippen LogP contribution >= 0.6 is 0 Å². The van der Waals surface area contributed by atoms with Gasteiger partial charge < -0.3 is 4.90 Å². The number of para-hydroxylation sites is 1. The molecule has 0 heterocycles. The van der Waals surface area contributed by atoms with Crippen molar-refractivity contribution < 1.29 is 0 Å². The lowest BCUT2D eigenvalue weighted by molar-refractivity contribution is 0.660. The van der Waals surface area contributed by atoms with Crippen LogP contribution in [0.3, 0.4) is 0 Å². The summed E-state index contributed by atoms with van der Waals surface area (Å²) < 4.78 is 0. The number of hydrogen-bond donors (Lipinski definition) is 0. The molecule has 1 nitrogen and oxygen atoms in total. The van der Waals surface area contributed by atoms with Gasteiger partial charge in [0, 0.05) is 27.9 Å². The molecule has 236 valence electrons. The zero-order valence-corrected chi connectivity index (χ0v) is 28.5. The van der Waals surface area contributed by atoms with E-state index in [-0.39, 0.29) is 10.8 Å². The van der Waals surface area contributed by atoms with E-state index in [9.17, 15) is 0 Å². The zero-order chi connectivity index (χ0) is 33.3. The van der Waals surface area contributed by atoms with E-state index in [0.29, 0.717) is 0 Å². The molecule has 0 radical (unpaired) electrons. The SMILES string of the molecule is CC1(C)c2ccccc2-c2c(-c3cccc(N(c4ccccc4)c4cccc(-c5cccc6c5-c5ccccc5C6(C)C)c4)c3)cccc21. The predicted molar refractivity (Wildman–Crippen MR) is 207 cm³/mol. The van der Waals surface area contributed by atoms with E-state index in [1.165, 1.54) is 66.8 Å².